The number of fused-ring (bicyclic) bond motifs is 13. The number of nitriles is 2. The molecule has 1 aliphatic heterocycles. The van der Waals surface area contributed by atoms with Crippen molar-refractivity contribution in [2.45, 2.75) is 51.6 Å². The lowest BCUT2D eigenvalue weighted by atomic mass is 9.80. The molecular weight excluding hydrogens is 561 g/mol. The highest BCUT2D eigenvalue weighted by Crippen LogP contribution is 2.56. The summed E-state index contributed by atoms with van der Waals surface area (Å²) in [6, 6.07) is 36.1. The quantitative estimate of drug-likeness (QED) is 0.165. The van der Waals surface area contributed by atoms with E-state index in [1.54, 1.807) is 0 Å². The smallest absolute Gasteiger partial charge is 0.113 e. The number of hydrogen-bond donors (Lipinski definition) is 0. The molecule has 214 valence electrons. The molecule has 3 heteroatoms. The molecular formula is C42H32N2Si. The standard InChI is InChI=1S/C42H32N2Si/c1-41(2)33-19-37-29(17-31(33)39-27-13-9-7-11-25(27)23(21-43)15-35(39)41)30-18-32-34(20-38(30)45(37,5)6)42(3,4)36-16-24(22-44)26-12-8-10-14-28(26)40(32)36/h7-20H,1-6H3. The van der Waals surface area contributed by atoms with E-state index in [0.717, 1.165) is 32.7 Å². The molecule has 1 heterocycles. The van der Waals surface area contributed by atoms with Crippen LogP contribution in [0.4, 0.5) is 0 Å². The second-order valence-electron chi connectivity index (χ2n) is 14.8. The fourth-order valence-electron chi connectivity index (χ4n) is 9.06. The molecule has 0 aromatic heterocycles. The maximum atomic E-state index is 10.1. The fraction of sp³-hybridized carbons (Fsp3) is 0.190. The predicted molar refractivity (Wildman–Crippen MR) is 188 cm³/mol. The molecule has 0 saturated heterocycles. The summed E-state index contributed by atoms with van der Waals surface area (Å²) in [4.78, 5) is 0. The summed E-state index contributed by atoms with van der Waals surface area (Å²) in [5.41, 5.74) is 14.2. The normalized spacial score (nSPS) is 16.7. The Morgan fingerprint density at radius 3 is 1.24 bits per heavy atom. The van der Waals surface area contributed by atoms with Crippen LogP contribution in [0.15, 0.2) is 84.9 Å². The van der Waals surface area contributed by atoms with Gasteiger partial charge in [0.2, 0.25) is 0 Å². The van der Waals surface area contributed by atoms with Crippen molar-refractivity contribution < 1.29 is 0 Å². The zero-order chi connectivity index (χ0) is 31.2. The summed E-state index contributed by atoms with van der Waals surface area (Å²) in [5, 5.41) is 27.6. The first kappa shape index (κ1) is 26.4. The second kappa shape index (κ2) is 8.19. The maximum absolute atomic E-state index is 10.1. The molecule has 6 aromatic rings. The Kier molecular flexibility index (Phi) is 4.81. The zero-order valence-corrected chi connectivity index (χ0v) is 27.5. The third kappa shape index (κ3) is 3.03. The minimum absolute atomic E-state index is 0.200. The van der Waals surface area contributed by atoms with Crippen LogP contribution in [0.3, 0.4) is 0 Å². The van der Waals surface area contributed by atoms with Gasteiger partial charge in [0.1, 0.15) is 8.07 Å². The topological polar surface area (TPSA) is 47.6 Å². The molecule has 6 aromatic carbocycles. The fourth-order valence-corrected chi connectivity index (χ4v) is 12.1. The first-order valence-electron chi connectivity index (χ1n) is 15.8. The molecule has 0 atom stereocenters. The average molecular weight is 593 g/mol. The van der Waals surface area contributed by atoms with Gasteiger partial charge in [-0.1, -0.05) is 101 Å². The summed E-state index contributed by atoms with van der Waals surface area (Å²) >= 11 is 0. The lowest BCUT2D eigenvalue weighted by Gasteiger charge is -2.26. The van der Waals surface area contributed by atoms with Crippen LogP contribution in [0.5, 0.6) is 0 Å². The molecule has 0 N–H and O–H groups in total. The SMILES string of the molecule is CC1(C)c2cc3c(cc2-c2c1cc(C#N)c1ccccc21)-c1cc2c(cc1[Si]3(C)C)C(C)(C)c1cc(C#N)c3ccccc3c1-2. The van der Waals surface area contributed by atoms with Gasteiger partial charge in [0.15, 0.2) is 0 Å². The summed E-state index contributed by atoms with van der Waals surface area (Å²) in [6.07, 6.45) is 0. The molecule has 9 rings (SSSR count). The molecule has 0 spiro atoms. The van der Waals surface area contributed by atoms with Gasteiger partial charge in [0.25, 0.3) is 0 Å². The highest BCUT2D eigenvalue weighted by Gasteiger charge is 2.46. The zero-order valence-electron chi connectivity index (χ0n) is 26.5. The Labute approximate surface area is 265 Å². The van der Waals surface area contributed by atoms with Crippen molar-refractivity contribution in [2.75, 3.05) is 0 Å². The summed E-state index contributed by atoms with van der Waals surface area (Å²) in [5.74, 6) is 0. The molecule has 0 fully saturated rings. The molecule has 0 unspecified atom stereocenters. The third-order valence-corrected chi connectivity index (χ3v) is 15.0. The number of rotatable bonds is 0. The summed E-state index contributed by atoms with van der Waals surface area (Å²) in [7, 11) is -2.05. The minimum atomic E-state index is -2.05. The van der Waals surface area contributed by atoms with E-state index in [1.165, 1.54) is 66.0 Å². The Balaban J connectivity index is 1.36. The number of nitrogens with zero attached hydrogens (tertiary/aromatic N) is 2. The maximum Gasteiger partial charge on any atom is 0.113 e. The van der Waals surface area contributed by atoms with Crippen LogP contribution >= 0.6 is 0 Å². The van der Waals surface area contributed by atoms with Gasteiger partial charge in [-0.3, -0.25) is 0 Å². The van der Waals surface area contributed by atoms with E-state index in [9.17, 15) is 10.5 Å². The van der Waals surface area contributed by atoms with Gasteiger partial charge < -0.3 is 0 Å². The molecule has 0 radical (unpaired) electrons. The van der Waals surface area contributed by atoms with Gasteiger partial charge in [-0.15, -0.1) is 0 Å². The van der Waals surface area contributed by atoms with Crippen molar-refractivity contribution in [3.8, 4) is 45.5 Å². The minimum Gasteiger partial charge on any atom is -0.192 e. The lowest BCUT2D eigenvalue weighted by molar-refractivity contribution is 0.661. The number of hydrogen-bond acceptors (Lipinski definition) is 2. The molecule has 2 aliphatic carbocycles. The largest absolute Gasteiger partial charge is 0.192 e. The van der Waals surface area contributed by atoms with Gasteiger partial charge in [0.05, 0.1) is 23.3 Å². The van der Waals surface area contributed by atoms with Crippen LogP contribution in [0.2, 0.25) is 13.1 Å². The Morgan fingerprint density at radius 2 is 0.867 bits per heavy atom. The molecule has 45 heavy (non-hydrogen) atoms. The van der Waals surface area contributed by atoms with Crippen molar-refractivity contribution in [1.29, 1.82) is 10.5 Å². The van der Waals surface area contributed by atoms with E-state index in [2.05, 4.69) is 126 Å². The van der Waals surface area contributed by atoms with E-state index in [1.807, 2.05) is 12.1 Å². The van der Waals surface area contributed by atoms with Crippen LogP contribution < -0.4 is 10.4 Å². The van der Waals surface area contributed by atoms with Crippen molar-refractivity contribution in [3.63, 3.8) is 0 Å². The van der Waals surface area contributed by atoms with Crippen LogP contribution in [-0.4, -0.2) is 8.07 Å². The van der Waals surface area contributed by atoms with E-state index in [0.29, 0.717) is 0 Å². The van der Waals surface area contributed by atoms with Crippen molar-refractivity contribution in [1.82, 2.24) is 0 Å². The van der Waals surface area contributed by atoms with Crippen LogP contribution in [0, 0.1) is 22.7 Å². The van der Waals surface area contributed by atoms with Gasteiger partial charge >= 0.3 is 0 Å². The lowest BCUT2D eigenvalue weighted by Crippen LogP contribution is -2.49. The monoisotopic (exact) mass is 592 g/mol. The van der Waals surface area contributed by atoms with Crippen LogP contribution in [-0.2, 0) is 10.8 Å². The average Bonchev–Trinajstić information content (AvgIpc) is 3.50. The first-order valence-corrected chi connectivity index (χ1v) is 18.8. The van der Waals surface area contributed by atoms with Crippen molar-refractivity contribution in [3.05, 3.63) is 118 Å². The van der Waals surface area contributed by atoms with Crippen molar-refractivity contribution in [2.24, 2.45) is 0 Å². The first-order chi connectivity index (χ1) is 21.5. The molecule has 0 bridgehead atoms. The van der Waals surface area contributed by atoms with Crippen LogP contribution in [0.25, 0.3) is 54.9 Å². The van der Waals surface area contributed by atoms with E-state index < -0.39 is 8.07 Å². The Hall–Kier alpha value is -4.96. The molecule has 2 nitrogen and oxygen atoms in total. The molecule has 3 aliphatic rings. The second-order valence-corrected chi connectivity index (χ2v) is 19.1. The third-order valence-electron chi connectivity index (χ3n) is 11.5. The van der Waals surface area contributed by atoms with Gasteiger partial charge in [-0.2, -0.15) is 10.5 Å². The molecule has 0 saturated carbocycles. The number of benzene rings is 6. The predicted octanol–water partition coefficient (Wildman–Crippen LogP) is 9.15. The van der Waals surface area contributed by atoms with E-state index in [-0.39, 0.29) is 10.8 Å². The van der Waals surface area contributed by atoms with Crippen LogP contribution in [0.1, 0.15) is 61.1 Å². The van der Waals surface area contributed by atoms with E-state index >= 15 is 0 Å². The highest BCUT2D eigenvalue weighted by molar-refractivity contribution is 7.03. The van der Waals surface area contributed by atoms with Gasteiger partial charge in [0, 0.05) is 21.6 Å². The molecule has 0 amide bonds. The van der Waals surface area contributed by atoms with Crippen molar-refractivity contribution >= 4 is 40.0 Å². The Bertz CT molecular complexity index is 2310. The summed E-state index contributed by atoms with van der Waals surface area (Å²) in [6.45, 7) is 14.3. The highest BCUT2D eigenvalue weighted by atomic mass is 28.3. The summed E-state index contributed by atoms with van der Waals surface area (Å²) < 4.78 is 0. The van der Waals surface area contributed by atoms with Gasteiger partial charge in [-0.25, -0.2) is 0 Å². The van der Waals surface area contributed by atoms with Gasteiger partial charge in [-0.05, 0) is 101 Å². The Morgan fingerprint density at radius 1 is 0.489 bits per heavy atom. The van der Waals surface area contributed by atoms with E-state index in [4.69, 9.17) is 0 Å².